The van der Waals surface area contributed by atoms with Crippen molar-refractivity contribution >= 4 is 29.1 Å². The number of aryl methyl sites for hydroxylation is 1. The number of carbonyl (C=O) groups excluding carboxylic acids is 2. The molecule has 0 saturated heterocycles. The minimum absolute atomic E-state index is 0.219. The summed E-state index contributed by atoms with van der Waals surface area (Å²) in [7, 11) is 0. The van der Waals surface area contributed by atoms with E-state index in [1.54, 1.807) is 29.2 Å². The van der Waals surface area contributed by atoms with Crippen molar-refractivity contribution in [1.29, 1.82) is 0 Å². The summed E-state index contributed by atoms with van der Waals surface area (Å²) in [6.07, 6.45) is 1.89. The summed E-state index contributed by atoms with van der Waals surface area (Å²) in [6, 6.07) is 15.8. The largest absolute Gasteiger partial charge is 0.459 e. The van der Waals surface area contributed by atoms with Gasteiger partial charge in [-0.15, -0.1) is 0 Å². The minimum Gasteiger partial charge on any atom is -0.459 e. The highest BCUT2D eigenvalue weighted by molar-refractivity contribution is 6.31. The van der Waals surface area contributed by atoms with Crippen molar-refractivity contribution in [3.05, 3.63) is 88.3 Å². The Hall–Kier alpha value is -3.05. The van der Waals surface area contributed by atoms with Gasteiger partial charge in [0, 0.05) is 23.7 Å². The van der Waals surface area contributed by atoms with Gasteiger partial charge in [-0.2, -0.15) is 0 Å². The van der Waals surface area contributed by atoms with Gasteiger partial charge in [0.05, 0.1) is 6.26 Å². The molecule has 2 aromatic carbocycles. The Bertz CT molecular complexity index is 1030. The lowest BCUT2D eigenvalue weighted by molar-refractivity contribution is -0.121. The zero-order valence-electron chi connectivity index (χ0n) is 15.3. The van der Waals surface area contributed by atoms with E-state index in [-0.39, 0.29) is 17.6 Å². The second-order valence-corrected chi connectivity index (χ2v) is 7.28. The Morgan fingerprint density at radius 1 is 1.11 bits per heavy atom. The lowest BCUT2D eigenvalue weighted by Gasteiger charge is -2.35. The molecule has 142 valence electrons. The number of furan rings is 1. The van der Waals surface area contributed by atoms with Crippen LogP contribution in [0.25, 0.3) is 0 Å². The molecule has 0 bridgehead atoms. The molecule has 0 aliphatic carbocycles. The maximum Gasteiger partial charge on any atom is 0.290 e. The number of benzene rings is 2. The minimum atomic E-state index is -0.647. The number of carbonyl (C=O) groups is 2. The van der Waals surface area contributed by atoms with Gasteiger partial charge < -0.3 is 14.6 Å². The molecule has 2 amide bonds. The van der Waals surface area contributed by atoms with Gasteiger partial charge in [0.2, 0.25) is 5.91 Å². The first-order chi connectivity index (χ1) is 13.5. The number of anilines is 1. The third-order valence-corrected chi connectivity index (χ3v) is 5.24. The second kappa shape index (κ2) is 7.52. The first-order valence-corrected chi connectivity index (χ1v) is 9.39. The van der Waals surface area contributed by atoms with Crippen molar-refractivity contribution in [3.63, 3.8) is 0 Å². The molecule has 1 atom stereocenters. The van der Waals surface area contributed by atoms with Crippen LogP contribution >= 0.6 is 11.6 Å². The number of fused-ring (bicyclic) bond motifs is 1. The van der Waals surface area contributed by atoms with Crippen LogP contribution < -0.4 is 5.32 Å². The third kappa shape index (κ3) is 3.53. The van der Waals surface area contributed by atoms with E-state index in [2.05, 4.69) is 5.32 Å². The Morgan fingerprint density at radius 3 is 2.64 bits per heavy atom. The number of hydrogen-bond acceptors (Lipinski definition) is 3. The summed E-state index contributed by atoms with van der Waals surface area (Å²) in [4.78, 5) is 27.7. The lowest BCUT2D eigenvalue weighted by atomic mass is 9.93. The molecule has 0 radical (unpaired) electrons. The average molecular weight is 395 g/mol. The Kier molecular flexibility index (Phi) is 4.92. The van der Waals surface area contributed by atoms with Crippen molar-refractivity contribution < 1.29 is 14.0 Å². The highest BCUT2D eigenvalue weighted by Gasteiger charge is 2.36. The average Bonchev–Trinajstić information content (AvgIpc) is 3.24. The maximum atomic E-state index is 13.1. The number of nitrogens with one attached hydrogen (secondary N) is 1. The van der Waals surface area contributed by atoms with Crippen molar-refractivity contribution in [2.75, 3.05) is 5.32 Å². The normalized spacial score (nSPS) is 15.8. The summed E-state index contributed by atoms with van der Waals surface area (Å²) < 4.78 is 5.28. The van der Waals surface area contributed by atoms with Crippen molar-refractivity contribution in [3.8, 4) is 0 Å². The van der Waals surface area contributed by atoms with Gasteiger partial charge in [-0.1, -0.05) is 41.9 Å². The molecular formula is C22H19ClN2O3. The molecule has 0 saturated carbocycles. The summed E-state index contributed by atoms with van der Waals surface area (Å²) in [5.41, 5.74) is 3.64. The highest BCUT2D eigenvalue weighted by Crippen LogP contribution is 2.27. The number of nitrogens with zero attached hydrogens (tertiary/aromatic N) is 1. The molecular weight excluding hydrogens is 376 g/mol. The van der Waals surface area contributed by atoms with Gasteiger partial charge in [0.1, 0.15) is 6.04 Å². The summed E-state index contributed by atoms with van der Waals surface area (Å²) in [5.74, 6) is -0.335. The van der Waals surface area contributed by atoms with Gasteiger partial charge in [-0.05, 0) is 47.9 Å². The Balaban J connectivity index is 1.66. The lowest BCUT2D eigenvalue weighted by Crippen LogP contribution is -2.50. The molecule has 1 unspecified atom stereocenters. The van der Waals surface area contributed by atoms with E-state index in [4.69, 9.17) is 16.0 Å². The SMILES string of the molecule is Cc1ccc(Cl)cc1NC(=O)C1Cc2ccccc2CN1C(=O)c1ccco1. The first kappa shape index (κ1) is 18.3. The Labute approximate surface area is 167 Å². The van der Waals surface area contributed by atoms with Gasteiger partial charge in [-0.25, -0.2) is 0 Å². The molecule has 0 spiro atoms. The molecule has 5 nitrogen and oxygen atoms in total. The zero-order chi connectivity index (χ0) is 19.7. The van der Waals surface area contributed by atoms with E-state index in [9.17, 15) is 9.59 Å². The molecule has 1 aliphatic heterocycles. The predicted octanol–water partition coefficient (Wildman–Crippen LogP) is 4.45. The molecule has 0 fully saturated rings. The summed E-state index contributed by atoms with van der Waals surface area (Å²) >= 11 is 6.07. The van der Waals surface area contributed by atoms with E-state index in [1.807, 2.05) is 37.3 Å². The second-order valence-electron chi connectivity index (χ2n) is 6.85. The van der Waals surface area contributed by atoms with Crippen LogP contribution in [0.1, 0.15) is 27.2 Å². The standard InChI is InChI=1S/C22H19ClN2O3/c1-14-8-9-17(23)12-18(14)24-21(26)19-11-15-5-2-3-6-16(15)13-25(19)22(27)20-7-4-10-28-20/h2-10,12,19H,11,13H2,1H3,(H,24,26). The van der Waals surface area contributed by atoms with E-state index in [1.165, 1.54) is 6.26 Å². The van der Waals surface area contributed by atoms with Crippen molar-refractivity contribution in [2.45, 2.75) is 25.9 Å². The smallest absolute Gasteiger partial charge is 0.290 e. The fraction of sp³-hybridized carbons (Fsp3) is 0.182. The topological polar surface area (TPSA) is 62.6 Å². The fourth-order valence-corrected chi connectivity index (χ4v) is 3.63. The molecule has 1 N–H and O–H groups in total. The molecule has 2 heterocycles. The molecule has 4 rings (SSSR count). The molecule has 28 heavy (non-hydrogen) atoms. The fourth-order valence-electron chi connectivity index (χ4n) is 3.46. The number of halogens is 1. The monoisotopic (exact) mass is 394 g/mol. The van der Waals surface area contributed by atoms with Crippen LogP contribution in [0, 0.1) is 6.92 Å². The number of amides is 2. The van der Waals surface area contributed by atoms with Gasteiger partial charge in [0.15, 0.2) is 5.76 Å². The summed E-state index contributed by atoms with van der Waals surface area (Å²) in [6.45, 7) is 2.25. The predicted molar refractivity (Wildman–Crippen MR) is 107 cm³/mol. The number of rotatable bonds is 3. The van der Waals surface area contributed by atoms with Crippen molar-refractivity contribution in [2.24, 2.45) is 0 Å². The van der Waals surface area contributed by atoms with Crippen LogP contribution in [0.4, 0.5) is 5.69 Å². The molecule has 1 aromatic heterocycles. The van der Waals surface area contributed by atoms with Crippen LogP contribution in [0.2, 0.25) is 5.02 Å². The van der Waals surface area contributed by atoms with E-state index in [0.29, 0.717) is 23.7 Å². The van der Waals surface area contributed by atoms with Crippen LogP contribution in [0.5, 0.6) is 0 Å². The van der Waals surface area contributed by atoms with Crippen molar-refractivity contribution in [1.82, 2.24) is 4.90 Å². The van der Waals surface area contributed by atoms with Gasteiger partial charge in [0.25, 0.3) is 5.91 Å². The third-order valence-electron chi connectivity index (χ3n) is 5.00. The molecule has 6 heteroatoms. The first-order valence-electron chi connectivity index (χ1n) is 9.01. The van der Waals surface area contributed by atoms with Crippen LogP contribution in [-0.2, 0) is 17.8 Å². The van der Waals surface area contributed by atoms with E-state index in [0.717, 1.165) is 16.7 Å². The van der Waals surface area contributed by atoms with Gasteiger partial charge >= 0.3 is 0 Å². The zero-order valence-corrected chi connectivity index (χ0v) is 16.1. The molecule has 3 aromatic rings. The van der Waals surface area contributed by atoms with Crippen LogP contribution in [-0.4, -0.2) is 22.8 Å². The van der Waals surface area contributed by atoms with Crippen LogP contribution in [0.3, 0.4) is 0 Å². The highest BCUT2D eigenvalue weighted by atomic mass is 35.5. The molecule has 1 aliphatic rings. The quantitative estimate of drug-likeness (QED) is 0.714. The Morgan fingerprint density at radius 2 is 1.89 bits per heavy atom. The summed E-state index contributed by atoms with van der Waals surface area (Å²) in [5, 5.41) is 3.47. The van der Waals surface area contributed by atoms with E-state index < -0.39 is 6.04 Å². The maximum absolute atomic E-state index is 13.1. The van der Waals surface area contributed by atoms with Gasteiger partial charge in [-0.3, -0.25) is 9.59 Å². The van der Waals surface area contributed by atoms with E-state index >= 15 is 0 Å². The number of hydrogen-bond donors (Lipinski definition) is 1. The van der Waals surface area contributed by atoms with Crippen LogP contribution in [0.15, 0.2) is 65.3 Å².